The summed E-state index contributed by atoms with van der Waals surface area (Å²) in [5.74, 6) is 0.604. The predicted molar refractivity (Wildman–Crippen MR) is 36.3 cm³/mol. The Morgan fingerprint density at radius 1 is 1.60 bits per heavy atom. The van der Waals surface area contributed by atoms with Crippen molar-refractivity contribution < 1.29 is 0 Å². The van der Waals surface area contributed by atoms with Crippen LogP contribution in [0.1, 0.15) is 5.82 Å². The van der Waals surface area contributed by atoms with E-state index in [-0.39, 0.29) is 5.69 Å². The van der Waals surface area contributed by atoms with E-state index in [2.05, 4.69) is 5.10 Å². The van der Waals surface area contributed by atoms with E-state index < -0.39 is 0 Å². The highest BCUT2D eigenvalue weighted by Gasteiger charge is 2.03. The minimum Gasteiger partial charge on any atom is -0.324 e. The molecule has 0 spiro atoms. The van der Waals surface area contributed by atoms with Gasteiger partial charge in [0.2, 0.25) is 0 Å². The van der Waals surface area contributed by atoms with E-state index in [0.717, 1.165) is 0 Å². The van der Waals surface area contributed by atoms with Crippen LogP contribution in [0.3, 0.4) is 0 Å². The fourth-order valence-corrected chi connectivity index (χ4v) is 0.788. The Balaban J connectivity index is 3.31. The van der Waals surface area contributed by atoms with Crippen LogP contribution in [0.4, 0.5) is 0 Å². The van der Waals surface area contributed by atoms with Gasteiger partial charge in [-0.2, -0.15) is 5.10 Å². The number of hydrogen-bond acceptors (Lipinski definition) is 3. The van der Waals surface area contributed by atoms with E-state index in [0.29, 0.717) is 12.4 Å². The van der Waals surface area contributed by atoms with Gasteiger partial charge in [-0.25, -0.2) is 9.48 Å². The van der Waals surface area contributed by atoms with Crippen LogP contribution in [0.25, 0.3) is 0 Å². The summed E-state index contributed by atoms with van der Waals surface area (Å²) in [6.45, 7) is 0.298. The maximum absolute atomic E-state index is 11.0. The second kappa shape index (κ2) is 2.26. The summed E-state index contributed by atoms with van der Waals surface area (Å²) in [5.41, 5.74) is 5.16. The molecular weight excluding hydrogens is 132 g/mol. The molecule has 5 nitrogen and oxygen atoms in total. The van der Waals surface area contributed by atoms with Crippen LogP contribution in [-0.4, -0.2) is 14.3 Å². The Kier molecular flexibility index (Phi) is 1.58. The first-order valence-electron chi connectivity index (χ1n) is 2.95. The fourth-order valence-electron chi connectivity index (χ4n) is 0.788. The number of aromatic nitrogens is 3. The Morgan fingerprint density at radius 2 is 2.20 bits per heavy atom. The largest absolute Gasteiger partial charge is 0.345 e. The summed E-state index contributed by atoms with van der Waals surface area (Å²) in [5, 5.41) is 3.87. The fraction of sp³-hybridized carbons (Fsp3) is 0.600. The maximum Gasteiger partial charge on any atom is 0.345 e. The highest BCUT2D eigenvalue weighted by molar-refractivity contribution is 4.83. The van der Waals surface area contributed by atoms with Crippen LogP contribution in [0.15, 0.2) is 4.79 Å². The van der Waals surface area contributed by atoms with Crippen LogP contribution in [0, 0.1) is 0 Å². The third-order valence-corrected chi connectivity index (χ3v) is 1.40. The predicted octanol–water partition coefficient (Wildman–Crippen LogP) is -1.42. The summed E-state index contributed by atoms with van der Waals surface area (Å²) < 4.78 is 2.70. The second-order valence-corrected chi connectivity index (χ2v) is 2.09. The Morgan fingerprint density at radius 3 is 2.40 bits per heavy atom. The number of aryl methyl sites for hydroxylation is 1. The van der Waals surface area contributed by atoms with Gasteiger partial charge in [-0.15, -0.1) is 0 Å². The van der Waals surface area contributed by atoms with Gasteiger partial charge < -0.3 is 5.73 Å². The molecule has 0 aliphatic rings. The van der Waals surface area contributed by atoms with Crippen molar-refractivity contribution in [3.63, 3.8) is 0 Å². The van der Waals surface area contributed by atoms with E-state index in [4.69, 9.17) is 5.73 Å². The Labute approximate surface area is 58.1 Å². The lowest BCUT2D eigenvalue weighted by molar-refractivity contribution is 0.712. The van der Waals surface area contributed by atoms with Crippen LogP contribution in [0.5, 0.6) is 0 Å². The van der Waals surface area contributed by atoms with E-state index in [9.17, 15) is 4.79 Å². The van der Waals surface area contributed by atoms with Gasteiger partial charge in [0.25, 0.3) is 0 Å². The second-order valence-electron chi connectivity index (χ2n) is 2.09. The van der Waals surface area contributed by atoms with E-state index in [1.165, 1.54) is 9.25 Å². The molecule has 1 aromatic rings. The molecule has 0 amide bonds. The van der Waals surface area contributed by atoms with Gasteiger partial charge in [0.1, 0.15) is 5.82 Å². The Hall–Kier alpha value is -1.10. The molecule has 0 radical (unpaired) electrons. The van der Waals surface area contributed by atoms with Gasteiger partial charge in [0.15, 0.2) is 0 Å². The molecule has 0 aromatic carbocycles. The molecule has 0 aliphatic carbocycles. The minimum absolute atomic E-state index is 0.138. The van der Waals surface area contributed by atoms with Crippen LogP contribution >= 0.6 is 0 Å². The van der Waals surface area contributed by atoms with Gasteiger partial charge in [0.05, 0.1) is 6.54 Å². The molecule has 0 fully saturated rings. The average Bonchev–Trinajstić information content (AvgIpc) is 2.17. The third kappa shape index (κ3) is 0.841. The molecule has 1 aromatic heterocycles. The van der Waals surface area contributed by atoms with Crippen molar-refractivity contribution in [2.24, 2.45) is 19.8 Å². The van der Waals surface area contributed by atoms with Crippen molar-refractivity contribution in [1.29, 1.82) is 0 Å². The van der Waals surface area contributed by atoms with Gasteiger partial charge in [-0.3, -0.25) is 4.57 Å². The topological polar surface area (TPSA) is 65.8 Å². The molecule has 0 saturated heterocycles. The smallest absolute Gasteiger partial charge is 0.324 e. The quantitative estimate of drug-likeness (QED) is 0.523. The van der Waals surface area contributed by atoms with E-state index in [1.807, 2.05) is 0 Å². The zero-order valence-electron chi connectivity index (χ0n) is 6.03. The van der Waals surface area contributed by atoms with Crippen molar-refractivity contribution in [3.8, 4) is 0 Å². The zero-order chi connectivity index (χ0) is 7.72. The first-order chi connectivity index (χ1) is 4.66. The molecular formula is C5H10N4O. The summed E-state index contributed by atoms with van der Waals surface area (Å²) in [7, 11) is 3.25. The molecule has 0 unspecified atom stereocenters. The van der Waals surface area contributed by atoms with Crippen LogP contribution in [-0.2, 0) is 20.6 Å². The summed E-state index contributed by atoms with van der Waals surface area (Å²) in [6, 6.07) is 0. The average molecular weight is 142 g/mol. The lowest BCUT2D eigenvalue weighted by Crippen LogP contribution is -2.21. The molecule has 0 bridgehead atoms. The highest BCUT2D eigenvalue weighted by atomic mass is 16.2. The first kappa shape index (κ1) is 7.01. The molecule has 5 heteroatoms. The van der Waals surface area contributed by atoms with Crippen molar-refractivity contribution in [2.45, 2.75) is 6.54 Å². The van der Waals surface area contributed by atoms with E-state index >= 15 is 0 Å². The van der Waals surface area contributed by atoms with Gasteiger partial charge in [-0.05, 0) is 0 Å². The standard InChI is InChI=1S/C5H10N4O/c1-8-4(3-6)7-9(2)5(8)10/h3,6H2,1-2H3. The van der Waals surface area contributed by atoms with Crippen molar-refractivity contribution >= 4 is 0 Å². The number of hydrogen-bond donors (Lipinski definition) is 1. The molecule has 0 atom stereocenters. The molecule has 1 heterocycles. The van der Waals surface area contributed by atoms with Crippen molar-refractivity contribution in [2.75, 3.05) is 0 Å². The van der Waals surface area contributed by atoms with Crippen molar-refractivity contribution in [1.82, 2.24) is 14.3 Å². The summed E-state index contributed by atoms with van der Waals surface area (Å²) in [4.78, 5) is 11.0. The summed E-state index contributed by atoms with van der Waals surface area (Å²) in [6.07, 6.45) is 0. The molecule has 1 rings (SSSR count). The highest BCUT2D eigenvalue weighted by Crippen LogP contribution is 1.83. The van der Waals surface area contributed by atoms with Crippen LogP contribution < -0.4 is 11.4 Å². The number of nitrogens with zero attached hydrogens (tertiary/aromatic N) is 3. The molecule has 10 heavy (non-hydrogen) atoms. The normalized spacial score (nSPS) is 10.3. The molecule has 56 valence electrons. The minimum atomic E-state index is -0.138. The first-order valence-corrected chi connectivity index (χ1v) is 2.95. The molecule has 2 N–H and O–H groups in total. The zero-order valence-corrected chi connectivity index (χ0v) is 6.03. The van der Waals surface area contributed by atoms with Crippen molar-refractivity contribution in [3.05, 3.63) is 16.3 Å². The lowest BCUT2D eigenvalue weighted by Gasteiger charge is -1.89. The van der Waals surface area contributed by atoms with E-state index in [1.54, 1.807) is 14.1 Å². The lowest BCUT2D eigenvalue weighted by atomic mass is 10.6. The van der Waals surface area contributed by atoms with Gasteiger partial charge in [0, 0.05) is 14.1 Å². The van der Waals surface area contributed by atoms with Gasteiger partial charge >= 0.3 is 5.69 Å². The maximum atomic E-state index is 11.0. The molecule has 0 saturated carbocycles. The molecule has 0 aliphatic heterocycles. The summed E-state index contributed by atoms with van der Waals surface area (Å²) >= 11 is 0. The monoisotopic (exact) mass is 142 g/mol. The number of nitrogens with two attached hydrogens (primary N) is 1. The Bertz CT molecular complexity index is 284. The van der Waals surface area contributed by atoms with Crippen LogP contribution in [0.2, 0.25) is 0 Å². The third-order valence-electron chi connectivity index (χ3n) is 1.40. The SMILES string of the molecule is Cn1nc(CN)n(C)c1=O. The van der Waals surface area contributed by atoms with Gasteiger partial charge in [-0.1, -0.05) is 0 Å². The number of rotatable bonds is 1.